The van der Waals surface area contributed by atoms with Crippen LogP contribution in [-0.2, 0) is 15.1 Å². The number of carbonyl (C=O) groups is 4. The molecular weight excluding hydrogens is 379 g/mol. The fourth-order valence-corrected chi connectivity index (χ4v) is 3.21. The molecule has 2 aromatic carbocycles. The number of hydrogen-bond acceptors (Lipinski definition) is 4. The van der Waals surface area contributed by atoms with Crippen molar-refractivity contribution in [2.24, 2.45) is 5.73 Å². The Balaban J connectivity index is 1.74. The summed E-state index contributed by atoms with van der Waals surface area (Å²) >= 11 is 0. The molecule has 9 heteroatoms. The molecule has 0 unspecified atom stereocenters. The number of carbonyl (C=O) groups excluding carboxylic acids is 4. The highest BCUT2D eigenvalue weighted by Gasteiger charge is 2.51. The van der Waals surface area contributed by atoms with Crippen LogP contribution in [0.4, 0.5) is 14.9 Å². The molecule has 3 rings (SSSR count). The highest BCUT2D eigenvalue weighted by Crippen LogP contribution is 2.32. The Hall–Kier alpha value is -3.75. The van der Waals surface area contributed by atoms with Crippen molar-refractivity contribution < 1.29 is 23.6 Å². The molecule has 0 bridgehead atoms. The van der Waals surface area contributed by atoms with Crippen LogP contribution in [-0.4, -0.2) is 35.2 Å². The number of anilines is 1. The molecule has 150 valence electrons. The largest absolute Gasteiger partial charge is 0.366 e. The predicted molar refractivity (Wildman–Crippen MR) is 102 cm³/mol. The van der Waals surface area contributed by atoms with E-state index < -0.39 is 41.7 Å². The van der Waals surface area contributed by atoms with Gasteiger partial charge in [0.05, 0.1) is 0 Å². The number of primary amides is 1. The van der Waals surface area contributed by atoms with Gasteiger partial charge in [-0.25, -0.2) is 9.18 Å². The van der Waals surface area contributed by atoms with Crippen molar-refractivity contribution in [2.45, 2.75) is 18.9 Å². The van der Waals surface area contributed by atoms with Gasteiger partial charge in [0, 0.05) is 11.3 Å². The maximum atomic E-state index is 13.2. The molecule has 1 fully saturated rings. The molecule has 0 aliphatic carbocycles. The molecule has 5 amide bonds. The Bertz CT molecular complexity index is 975. The second-order valence-electron chi connectivity index (χ2n) is 6.58. The highest BCUT2D eigenvalue weighted by atomic mass is 19.1. The van der Waals surface area contributed by atoms with Gasteiger partial charge in [-0.05, 0) is 48.4 Å². The topological polar surface area (TPSA) is 122 Å². The number of nitrogens with zero attached hydrogens (tertiary/aromatic N) is 1. The molecule has 1 aliphatic heterocycles. The lowest BCUT2D eigenvalue weighted by Gasteiger charge is -2.25. The van der Waals surface area contributed by atoms with Gasteiger partial charge < -0.3 is 16.4 Å². The zero-order chi connectivity index (χ0) is 21.2. The van der Waals surface area contributed by atoms with E-state index >= 15 is 0 Å². The minimum Gasteiger partial charge on any atom is -0.366 e. The van der Waals surface area contributed by atoms with E-state index in [4.69, 9.17) is 5.73 Å². The standard InChI is InChI=1S/C20H19FN4O4/c1-2-20(13-5-7-14(21)8-6-13)18(28)25(19(29)24-20)11-16(26)23-15-9-3-12(4-10-15)17(22)27/h3-10H,2,11H2,1H3,(H2,22,27)(H,23,26)(H,24,29)/t20-/m0/s1. The van der Waals surface area contributed by atoms with E-state index in [0.717, 1.165) is 4.90 Å². The lowest BCUT2D eigenvalue weighted by Crippen LogP contribution is -2.44. The van der Waals surface area contributed by atoms with Crippen LogP contribution in [0.2, 0.25) is 0 Å². The monoisotopic (exact) mass is 398 g/mol. The molecule has 29 heavy (non-hydrogen) atoms. The van der Waals surface area contributed by atoms with Crippen LogP contribution in [0.15, 0.2) is 48.5 Å². The van der Waals surface area contributed by atoms with Gasteiger partial charge in [0.1, 0.15) is 17.9 Å². The second kappa shape index (κ2) is 7.70. The number of imide groups is 1. The smallest absolute Gasteiger partial charge is 0.325 e. The lowest BCUT2D eigenvalue weighted by molar-refractivity contribution is -0.134. The summed E-state index contributed by atoms with van der Waals surface area (Å²) in [6.45, 7) is 1.22. The molecule has 0 spiro atoms. The summed E-state index contributed by atoms with van der Waals surface area (Å²) in [4.78, 5) is 49.6. The zero-order valence-corrected chi connectivity index (χ0v) is 15.6. The van der Waals surface area contributed by atoms with Crippen LogP contribution in [0.5, 0.6) is 0 Å². The van der Waals surface area contributed by atoms with Gasteiger partial charge >= 0.3 is 6.03 Å². The van der Waals surface area contributed by atoms with E-state index in [2.05, 4.69) is 10.6 Å². The van der Waals surface area contributed by atoms with Gasteiger partial charge in [0.25, 0.3) is 5.91 Å². The third kappa shape index (κ3) is 3.79. The molecule has 4 N–H and O–H groups in total. The first-order valence-corrected chi connectivity index (χ1v) is 8.86. The van der Waals surface area contributed by atoms with Gasteiger partial charge in [-0.2, -0.15) is 0 Å². The van der Waals surface area contributed by atoms with E-state index in [1.54, 1.807) is 6.92 Å². The summed E-state index contributed by atoms with van der Waals surface area (Å²) in [5.41, 5.74) is 4.91. The molecule has 0 radical (unpaired) electrons. The average Bonchev–Trinajstić information content (AvgIpc) is 2.94. The Labute approximate surface area is 165 Å². The quantitative estimate of drug-likeness (QED) is 0.642. The number of amides is 5. The van der Waals surface area contributed by atoms with Crippen LogP contribution in [0.3, 0.4) is 0 Å². The molecule has 1 aliphatic rings. The van der Waals surface area contributed by atoms with Crippen LogP contribution in [0.25, 0.3) is 0 Å². The SMILES string of the molecule is CC[C@@]1(c2ccc(F)cc2)NC(=O)N(CC(=O)Nc2ccc(C(N)=O)cc2)C1=O. The Morgan fingerprint density at radius 3 is 2.28 bits per heavy atom. The summed E-state index contributed by atoms with van der Waals surface area (Å²) < 4.78 is 13.2. The van der Waals surface area contributed by atoms with Crippen LogP contribution in [0, 0.1) is 5.82 Å². The highest BCUT2D eigenvalue weighted by molar-refractivity contribution is 6.10. The van der Waals surface area contributed by atoms with E-state index in [-0.39, 0.29) is 12.0 Å². The lowest BCUT2D eigenvalue weighted by atomic mass is 9.87. The normalized spacial score (nSPS) is 18.5. The number of urea groups is 1. The maximum Gasteiger partial charge on any atom is 0.325 e. The minimum absolute atomic E-state index is 0.232. The van der Waals surface area contributed by atoms with Gasteiger partial charge in [-0.15, -0.1) is 0 Å². The van der Waals surface area contributed by atoms with Crippen molar-refractivity contribution in [3.05, 3.63) is 65.5 Å². The Morgan fingerprint density at radius 1 is 1.10 bits per heavy atom. The van der Waals surface area contributed by atoms with Crippen molar-refractivity contribution >= 4 is 29.4 Å². The van der Waals surface area contributed by atoms with Gasteiger partial charge in [0.15, 0.2) is 0 Å². The zero-order valence-electron chi connectivity index (χ0n) is 15.6. The Morgan fingerprint density at radius 2 is 1.72 bits per heavy atom. The number of benzene rings is 2. The van der Waals surface area contributed by atoms with Crippen molar-refractivity contribution in [3.63, 3.8) is 0 Å². The van der Waals surface area contributed by atoms with E-state index in [9.17, 15) is 23.6 Å². The van der Waals surface area contributed by atoms with E-state index in [1.165, 1.54) is 48.5 Å². The fourth-order valence-electron chi connectivity index (χ4n) is 3.21. The van der Waals surface area contributed by atoms with Gasteiger partial charge in [0.2, 0.25) is 11.8 Å². The number of hydrogen-bond donors (Lipinski definition) is 3. The molecule has 2 aromatic rings. The van der Waals surface area contributed by atoms with E-state index in [1.807, 2.05) is 0 Å². The van der Waals surface area contributed by atoms with Gasteiger partial charge in [-0.3, -0.25) is 19.3 Å². The molecule has 8 nitrogen and oxygen atoms in total. The number of nitrogens with one attached hydrogen (secondary N) is 2. The average molecular weight is 398 g/mol. The van der Waals surface area contributed by atoms with Crippen molar-refractivity contribution in [1.82, 2.24) is 10.2 Å². The second-order valence-corrected chi connectivity index (χ2v) is 6.58. The molecule has 1 atom stereocenters. The number of nitrogens with two attached hydrogens (primary N) is 1. The van der Waals surface area contributed by atoms with Crippen LogP contribution >= 0.6 is 0 Å². The number of rotatable bonds is 6. The van der Waals surface area contributed by atoms with Gasteiger partial charge in [-0.1, -0.05) is 19.1 Å². The molecule has 1 saturated heterocycles. The molecule has 0 saturated carbocycles. The van der Waals surface area contributed by atoms with Crippen molar-refractivity contribution in [1.29, 1.82) is 0 Å². The van der Waals surface area contributed by atoms with Crippen molar-refractivity contribution in [3.8, 4) is 0 Å². The molecular formula is C20H19FN4O4. The third-order valence-electron chi connectivity index (χ3n) is 4.80. The predicted octanol–water partition coefficient (Wildman–Crippen LogP) is 1.72. The fraction of sp³-hybridized carbons (Fsp3) is 0.200. The molecule has 1 heterocycles. The summed E-state index contributed by atoms with van der Waals surface area (Å²) in [6.07, 6.45) is 0.232. The summed E-state index contributed by atoms with van der Waals surface area (Å²) in [5, 5.41) is 5.18. The van der Waals surface area contributed by atoms with E-state index in [0.29, 0.717) is 11.3 Å². The van der Waals surface area contributed by atoms with Crippen LogP contribution in [0.1, 0.15) is 29.3 Å². The maximum absolute atomic E-state index is 13.2. The summed E-state index contributed by atoms with van der Waals surface area (Å²) in [6, 6.07) is 10.4. The first-order chi connectivity index (χ1) is 13.8. The molecule has 0 aromatic heterocycles. The summed E-state index contributed by atoms with van der Waals surface area (Å²) in [5.74, 6) is -2.24. The first kappa shape index (κ1) is 20.0. The van der Waals surface area contributed by atoms with Crippen LogP contribution < -0.4 is 16.4 Å². The summed E-state index contributed by atoms with van der Waals surface area (Å²) in [7, 11) is 0. The van der Waals surface area contributed by atoms with Crippen molar-refractivity contribution in [2.75, 3.05) is 11.9 Å². The first-order valence-electron chi connectivity index (χ1n) is 8.86. The minimum atomic E-state index is -1.35. The third-order valence-corrected chi connectivity index (χ3v) is 4.80. The number of halogens is 1. The Kier molecular flexibility index (Phi) is 5.31.